The highest BCUT2D eigenvalue weighted by molar-refractivity contribution is 7.99. The first-order valence-electron chi connectivity index (χ1n) is 8.05. The smallest absolute Gasteiger partial charge is 0.187 e. The summed E-state index contributed by atoms with van der Waals surface area (Å²) in [5.74, 6) is 0.616. The lowest BCUT2D eigenvalue weighted by Crippen LogP contribution is -2.64. The van der Waals surface area contributed by atoms with E-state index in [-0.39, 0.29) is 0 Å². The van der Waals surface area contributed by atoms with Crippen molar-refractivity contribution in [3.05, 3.63) is 0 Å². The van der Waals surface area contributed by atoms with E-state index in [2.05, 4.69) is 0 Å². The van der Waals surface area contributed by atoms with Gasteiger partial charge >= 0.3 is 0 Å². The molecule has 2 aliphatic heterocycles. The van der Waals surface area contributed by atoms with Gasteiger partial charge in [-0.2, -0.15) is 0 Å². The second-order valence-electron chi connectivity index (χ2n) is 5.96. The summed E-state index contributed by atoms with van der Waals surface area (Å²) in [4.78, 5) is 0. The van der Waals surface area contributed by atoms with Gasteiger partial charge < -0.3 is 50.0 Å². The standard InChI is InChI=1S/C14H26O10S/c1-2-25-14-11(21)9(19)12(6(4-16)23-14)24-13-10(20)8(18)7(17)5(3-15)22-13/h5-21H,2-4H2,1H3/t5-,6-,7+,8+,9-,10-,11-,12+,13+,14+/m1/s1. The van der Waals surface area contributed by atoms with Gasteiger partial charge in [0.2, 0.25) is 0 Å². The molecule has 0 aliphatic carbocycles. The zero-order chi connectivity index (χ0) is 18.7. The molecular formula is C14H26O10S. The number of hydrogen-bond acceptors (Lipinski definition) is 11. The zero-order valence-corrected chi connectivity index (χ0v) is 14.5. The van der Waals surface area contributed by atoms with E-state index in [1.54, 1.807) is 0 Å². The Morgan fingerprint density at radius 3 is 2.00 bits per heavy atom. The highest BCUT2D eigenvalue weighted by atomic mass is 32.2. The SMILES string of the molecule is CCS[C@@H]1O[C@H](CO)[C@H](O[C@@H]2O[C@H](CO)[C@H](O)[C@H](O)[C@H]2O)[C@H](O)[C@H]1O. The summed E-state index contributed by atoms with van der Waals surface area (Å²) >= 11 is 1.25. The van der Waals surface area contributed by atoms with E-state index in [9.17, 15) is 35.7 Å². The van der Waals surface area contributed by atoms with Crippen LogP contribution >= 0.6 is 11.8 Å². The number of hydrogen-bond donors (Lipinski definition) is 7. The van der Waals surface area contributed by atoms with Crippen LogP contribution in [0.5, 0.6) is 0 Å². The Kier molecular flexibility index (Phi) is 7.85. The molecule has 10 nitrogen and oxygen atoms in total. The van der Waals surface area contributed by atoms with Crippen LogP contribution in [0.4, 0.5) is 0 Å². The summed E-state index contributed by atoms with van der Waals surface area (Å²) in [6.07, 6.45) is -12.5. The van der Waals surface area contributed by atoms with E-state index in [1.807, 2.05) is 6.92 Å². The van der Waals surface area contributed by atoms with Crippen molar-refractivity contribution in [2.24, 2.45) is 0 Å². The fourth-order valence-corrected chi connectivity index (χ4v) is 3.77. The summed E-state index contributed by atoms with van der Waals surface area (Å²) in [5.41, 5.74) is -0.758. The highest BCUT2D eigenvalue weighted by Crippen LogP contribution is 2.32. The Hall–Kier alpha value is -0.0500. The largest absolute Gasteiger partial charge is 0.394 e. The normalized spacial score (nSPS) is 48.5. The molecule has 2 saturated heterocycles. The van der Waals surface area contributed by atoms with Crippen molar-refractivity contribution < 1.29 is 50.0 Å². The zero-order valence-electron chi connectivity index (χ0n) is 13.7. The van der Waals surface area contributed by atoms with Crippen LogP contribution in [-0.2, 0) is 14.2 Å². The van der Waals surface area contributed by atoms with Gasteiger partial charge in [-0.15, -0.1) is 11.8 Å². The van der Waals surface area contributed by atoms with Crippen LogP contribution in [0.25, 0.3) is 0 Å². The fourth-order valence-electron chi connectivity index (χ4n) is 2.86. The van der Waals surface area contributed by atoms with Gasteiger partial charge in [0, 0.05) is 0 Å². The number of rotatable bonds is 6. The topological polar surface area (TPSA) is 169 Å². The van der Waals surface area contributed by atoms with Crippen molar-refractivity contribution in [3.63, 3.8) is 0 Å². The van der Waals surface area contributed by atoms with Gasteiger partial charge in [-0.1, -0.05) is 6.92 Å². The second kappa shape index (κ2) is 9.24. The lowest BCUT2D eigenvalue weighted by atomic mass is 9.97. The fraction of sp³-hybridized carbons (Fsp3) is 1.00. The first-order valence-corrected chi connectivity index (χ1v) is 9.10. The summed E-state index contributed by atoms with van der Waals surface area (Å²) in [6, 6.07) is 0. The minimum atomic E-state index is -1.66. The Balaban J connectivity index is 2.11. The third-order valence-corrected chi connectivity index (χ3v) is 5.34. The van der Waals surface area contributed by atoms with Crippen LogP contribution in [-0.4, -0.2) is 115 Å². The summed E-state index contributed by atoms with van der Waals surface area (Å²) in [6.45, 7) is 0.695. The molecule has 0 unspecified atom stereocenters. The molecule has 0 saturated carbocycles. The summed E-state index contributed by atoms with van der Waals surface area (Å²) < 4.78 is 16.2. The van der Waals surface area contributed by atoms with Crippen LogP contribution in [0.2, 0.25) is 0 Å². The van der Waals surface area contributed by atoms with E-state index in [0.717, 1.165) is 0 Å². The number of aliphatic hydroxyl groups excluding tert-OH is 7. The predicted octanol–water partition coefficient (Wildman–Crippen LogP) is -3.64. The minimum Gasteiger partial charge on any atom is -0.394 e. The Bertz CT molecular complexity index is 411. The van der Waals surface area contributed by atoms with Crippen molar-refractivity contribution in [2.75, 3.05) is 19.0 Å². The molecule has 0 aromatic heterocycles. The predicted molar refractivity (Wildman–Crippen MR) is 84.5 cm³/mol. The lowest BCUT2D eigenvalue weighted by Gasteiger charge is -2.46. The Morgan fingerprint density at radius 1 is 0.800 bits per heavy atom. The third kappa shape index (κ3) is 4.45. The van der Waals surface area contributed by atoms with Crippen LogP contribution in [0.1, 0.15) is 6.92 Å². The Labute approximate surface area is 148 Å². The van der Waals surface area contributed by atoms with Crippen molar-refractivity contribution in [3.8, 4) is 0 Å². The number of ether oxygens (including phenoxy) is 3. The monoisotopic (exact) mass is 386 g/mol. The molecule has 0 aromatic rings. The van der Waals surface area contributed by atoms with Gasteiger partial charge in [-0.05, 0) is 5.75 Å². The molecule has 148 valence electrons. The molecule has 2 rings (SSSR count). The van der Waals surface area contributed by atoms with Gasteiger partial charge in [0.1, 0.15) is 54.3 Å². The van der Waals surface area contributed by atoms with E-state index in [4.69, 9.17) is 14.2 Å². The van der Waals surface area contributed by atoms with E-state index >= 15 is 0 Å². The molecule has 25 heavy (non-hydrogen) atoms. The summed E-state index contributed by atoms with van der Waals surface area (Å²) in [5, 5.41) is 68.7. The van der Waals surface area contributed by atoms with E-state index in [0.29, 0.717) is 5.75 Å². The van der Waals surface area contributed by atoms with Gasteiger partial charge in [0.15, 0.2) is 6.29 Å². The molecular weight excluding hydrogens is 360 g/mol. The molecule has 0 radical (unpaired) electrons. The number of thioether (sulfide) groups is 1. The average Bonchev–Trinajstić information content (AvgIpc) is 2.61. The maximum Gasteiger partial charge on any atom is 0.187 e. The number of aliphatic hydroxyl groups is 7. The Morgan fingerprint density at radius 2 is 1.44 bits per heavy atom. The van der Waals surface area contributed by atoms with Gasteiger partial charge in [0.25, 0.3) is 0 Å². The first kappa shape index (κ1) is 21.3. The van der Waals surface area contributed by atoms with Crippen molar-refractivity contribution >= 4 is 11.8 Å². The molecule has 2 aliphatic rings. The van der Waals surface area contributed by atoms with Crippen molar-refractivity contribution in [1.29, 1.82) is 0 Å². The summed E-state index contributed by atoms with van der Waals surface area (Å²) in [7, 11) is 0. The van der Waals surface area contributed by atoms with Gasteiger partial charge in [-0.25, -0.2) is 0 Å². The molecule has 11 heteroatoms. The minimum absolute atomic E-state index is 0.521. The molecule has 0 bridgehead atoms. The molecule has 7 N–H and O–H groups in total. The van der Waals surface area contributed by atoms with Crippen molar-refractivity contribution in [1.82, 2.24) is 0 Å². The quantitative estimate of drug-likeness (QED) is 0.240. The molecule has 10 atom stereocenters. The molecule has 2 fully saturated rings. The van der Waals surface area contributed by atoms with Gasteiger partial charge in [0.05, 0.1) is 13.2 Å². The van der Waals surface area contributed by atoms with Crippen LogP contribution in [0.3, 0.4) is 0 Å². The molecule has 0 spiro atoms. The molecule has 2 heterocycles. The van der Waals surface area contributed by atoms with E-state index < -0.39 is 73.8 Å². The molecule has 0 aromatic carbocycles. The maximum absolute atomic E-state index is 10.3. The van der Waals surface area contributed by atoms with Crippen LogP contribution in [0, 0.1) is 0 Å². The van der Waals surface area contributed by atoms with Gasteiger partial charge in [-0.3, -0.25) is 0 Å². The molecule has 0 amide bonds. The highest BCUT2D eigenvalue weighted by Gasteiger charge is 2.50. The van der Waals surface area contributed by atoms with E-state index in [1.165, 1.54) is 11.8 Å². The third-order valence-electron chi connectivity index (χ3n) is 4.29. The van der Waals surface area contributed by atoms with Crippen LogP contribution < -0.4 is 0 Å². The average molecular weight is 386 g/mol. The van der Waals surface area contributed by atoms with Crippen molar-refractivity contribution in [2.45, 2.75) is 67.5 Å². The lowest BCUT2D eigenvalue weighted by molar-refractivity contribution is -0.338. The first-order chi connectivity index (χ1) is 11.8. The second-order valence-corrected chi connectivity index (χ2v) is 7.34. The van der Waals surface area contributed by atoms with Crippen LogP contribution in [0.15, 0.2) is 0 Å². The maximum atomic E-state index is 10.3.